The van der Waals surface area contributed by atoms with Crippen molar-refractivity contribution in [3.05, 3.63) is 11.1 Å². The molecule has 4 nitrogen and oxygen atoms in total. The van der Waals surface area contributed by atoms with Crippen molar-refractivity contribution in [1.82, 2.24) is 10.6 Å². The zero-order valence-electron chi connectivity index (χ0n) is 11.2. The Hall–Kier alpha value is -1.32. The standard InChI is InChI=1S/C14H22N2O2/c1-9(2)8-15-13(17)7-11-10-5-3-4-6-12(10)16-14(11)18/h9,12H,3-8H2,1-2H3,(H,15,17)(H,16,18). The minimum Gasteiger partial charge on any atom is -0.356 e. The van der Waals surface area contributed by atoms with Gasteiger partial charge in [-0.1, -0.05) is 20.3 Å². The normalized spacial score (nSPS) is 23.1. The Balaban J connectivity index is 1.98. The first-order valence-corrected chi connectivity index (χ1v) is 6.87. The van der Waals surface area contributed by atoms with Gasteiger partial charge in [0.15, 0.2) is 0 Å². The van der Waals surface area contributed by atoms with Crippen LogP contribution in [0.3, 0.4) is 0 Å². The highest BCUT2D eigenvalue weighted by molar-refractivity contribution is 6.02. The molecule has 0 aromatic carbocycles. The molecule has 0 saturated heterocycles. The van der Waals surface area contributed by atoms with E-state index < -0.39 is 0 Å². The van der Waals surface area contributed by atoms with E-state index in [4.69, 9.17) is 0 Å². The number of hydrogen-bond donors (Lipinski definition) is 2. The van der Waals surface area contributed by atoms with E-state index in [2.05, 4.69) is 24.5 Å². The molecule has 1 heterocycles. The van der Waals surface area contributed by atoms with E-state index in [1.165, 1.54) is 12.0 Å². The maximum Gasteiger partial charge on any atom is 0.248 e. The first-order chi connectivity index (χ1) is 8.58. The van der Waals surface area contributed by atoms with Crippen molar-refractivity contribution in [3.8, 4) is 0 Å². The third kappa shape index (κ3) is 2.92. The average Bonchev–Trinajstić information content (AvgIpc) is 2.64. The van der Waals surface area contributed by atoms with Crippen LogP contribution in [-0.2, 0) is 9.59 Å². The lowest BCUT2D eigenvalue weighted by molar-refractivity contribution is -0.123. The van der Waals surface area contributed by atoms with Gasteiger partial charge in [0.2, 0.25) is 11.8 Å². The fourth-order valence-electron chi connectivity index (χ4n) is 2.66. The van der Waals surface area contributed by atoms with E-state index in [0.717, 1.165) is 24.8 Å². The Morgan fingerprint density at radius 3 is 2.94 bits per heavy atom. The molecular formula is C14H22N2O2. The Morgan fingerprint density at radius 1 is 1.44 bits per heavy atom. The van der Waals surface area contributed by atoms with Gasteiger partial charge in [0.1, 0.15) is 0 Å². The predicted octanol–water partition coefficient (Wildman–Crippen LogP) is 1.52. The lowest BCUT2D eigenvalue weighted by Crippen LogP contribution is -2.31. The Bertz CT molecular complexity index is 385. The lowest BCUT2D eigenvalue weighted by atomic mass is 9.88. The van der Waals surface area contributed by atoms with Crippen molar-refractivity contribution in [2.75, 3.05) is 6.54 Å². The SMILES string of the molecule is CC(C)CNC(=O)CC1=C2CCCCC2NC1=O. The molecule has 1 aliphatic heterocycles. The summed E-state index contributed by atoms with van der Waals surface area (Å²) in [7, 11) is 0. The summed E-state index contributed by atoms with van der Waals surface area (Å²) in [5.41, 5.74) is 1.91. The van der Waals surface area contributed by atoms with Gasteiger partial charge in [-0.2, -0.15) is 0 Å². The molecule has 1 aliphatic carbocycles. The van der Waals surface area contributed by atoms with E-state index in [-0.39, 0.29) is 24.3 Å². The van der Waals surface area contributed by atoms with Crippen molar-refractivity contribution < 1.29 is 9.59 Å². The van der Waals surface area contributed by atoms with E-state index >= 15 is 0 Å². The number of carbonyl (C=O) groups excluding carboxylic acids is 2. The van der Waals surface area contributed by atoms with E-state index in [1.54, 1.807) is 0 Å². The van der Waals surface area contributed by atoms with E-state index in [9.17, 15) is 9.59 Å². The summed E-state index contributed by atoms with van der Waals surface area (Å²) < 4.78 is 0. The van der Waals surface area contributed by atoms with Crippen molar-refractivity contribution in [3.63, 3.8) is 0 Å². The molecule has 2 rings (SSSR count). The van der Waals surface area contributed by atoms with Gasteiger partial charge in [0, 0.05) is 12.1 Å². The molecular weight excluding hydrogens is 228 g/mol. The van der Waals surface area contributed by atoms with Gasteiger partial charge in [0.25, 0.3) is 0 Å². The molecule has 0 bridgehead atoms. The molecule has 4 heteroatoms. The van der Waals surface area contributed by atoms with Crippen LogP contribution in [0.15, 0.2) is 11.1 Å². The van der Waals surface area contributed by atoms with Crippen LogP contribution >= 0.6 is 0 Å². The number of carbonyl (C=O) groups is 2. The third-order valence-electron chi connectivity index (χ3n) is 3.62. The highest BCUT2D eigenvalue weighted by Gasteiger charge is 2.33. The molecule has 0 aromatic heterocycles. The highest BCUT2D eigenvalue weighted by atomic mass is 16.2. The third-order valence-corrected chi connectivity index (χ3v) is 3.62. The number of rotatable bonds is 4. The molecule has 2 amide bonds. The van der Waals surface area contributed by atoms with Gasteiger partial charge in [-0.05, 0) is 30.8 Å². The largest absolute Gasteiger partial charge is 0.356 e. The number of amides is 2. The second-order valence-corrected chi connectivity index (χ2v) is 5.65. The summed E-state index contributed by atoms with van der Waals surface area (Å²) in [6.07, 6.45) is 4.54. The maximum absolute atomic E-state index is 11.9. The maximum atomic E-state index is 11.9. The molecule has 1 atom stereocenters. The Morgan fingerprint density at radius 2 is 2.22 bits per heavy atom. The van der Waals surface area contributed by atoms with Crippen molar-refractivity contribution in [2.24, 2.45) is 5.92 Å². The second kappa shape index (κ2) is 5.55. The fraction of sp³-hybridized carbons (Fsp3) is 0.714. The summed E-state index contributed by atoms with van der Waals surface area (Å²) in [6, 6.07) is 0.208. The topological polar surface area (TPSA) is 58.2 Å². The summed E-state index contributed by atoms with van der Waals surface area (Å²) in [4.78, 5) is 23.7. The zero-order chi connectivity index (χ0) is 13.1. The first-order valence-electron chi connectivity index (χ1n) is 6.87. The molecule has 18 heavy (non-hydrogen) atoms. The molecule has 1 saturated carbocycles. The highest BCUT2D eigenvalue weighted by Crippen LogP contribution is 2.32. The molecule has 1 fully saturated rings. The monoisotopic (exact) mass is 250 g/mol. The minimum absolute atomic E-state index is 0.0309. The molecule has 2 N–H and O–H groups in total. The smallest absolute Gasteiger partial charge is 0.248 e. The number of fused-ring (bicyclic) bond motifs is 1. The average molecular weight is 250 g/mol. The van der Waals surface area contributed by atoms with Gasteiger partial charge < -0.3 is 10.6 Å². The summed E-state index contributed by atoms with van der Waals surface area (Å²) >= 11 is 0. The van der Waals surface area contributed by atoms with Crippen LogP contribution in [-0.4, -0.2) is 24.4 Å². The van der Waals surface area contributed by atoms with Crippen LogP contribution in [0.2, 0.25) is 0 Å². The summed E-state index contributed by atoms with van der Waals surface area (Å²) in [5.74, 6) is 0.371. The summed E-state index contributed by atoms with van der Waals surface area (Å²) in [5, 5.41) is 5.86. The van der Waals surface area contributed by atoms with E-state index in [0.29, 0.717) is 12.5 Å². The van der Waals surface area contributed by atoms with Crippen molar-refractivity contribution in [2.45, 2.75) is 52.0 Å². The molecule has 0 spiro atoms. The Kier molecular flexibility index (Phi) is 4.04. The molecule has 2 aliphatic rings. The lowest BCUT2D eigenvalue weighted by Gasteiger charge is -2.20. The van der Waals surface area contributed by atoms with Crippen molar-refractivity contribution in [1.29, 1.82) is 0 Å². The Labute approximate surface area is 108 Å². The summed E-state index contributed by atoms with van der Waals surface area (Å²) in [6.45, 7) is 4.79. The number of nitrogens with one attached hydrogen (secondary N) is 2. The van der Waals surface area contributed by atoms with Crippen LogP contribution in [0.25, 0.3) is 0 Å². The van der Waals surface area contributed by atoms with Gasteiger partial charge in [-0.25, -0.2) is 0 Å². The van der Waals surface area contributed by atoms with Gasteiger partial charge in [0.05, 0.1) is 12.5 Å². The van der Waals surface area contributed by atoms with Crippen molar-refractivity contribution >= 4 is 11.8 Å². The predicted molar refractivity (Wildman–Crippen MR) is 69.9 cm³/mol. The van der Waals surface area contributed by atoms with Crippen LogP contribution < -0.4 is 10.6 Å². The van der Waals surface area contributed by atoms with Gasteiger partial charge in [-0.3, -0.25) is 9.59 Å². The molecule has 1 unspecified atom stereocenters. The fourth-order valence-corrected chi connectivity index (χ4v) is 2.66. The quantitative estimate of drug-likeness (QED) is 0.794. The van der Waals surface area contributed by atoms with Crippen LogP contribution in [0.4, 0.5) is 0 Å². The van der Waals surface area contributed by atoms with Gasteiger partial charge >= 0.3 is 0 Å². The second-order valence-electron chi connectivity index (χ2n) is 5.65. The molecule has 100 valence electrons. The van der Waals surface area contributed by atoms with E-state index in [1.807, 2.05) is 0 Å². The molecule has 0 aromatic rings. The first kappa shape index (κ1) is 13.1. The van der Waals surface area contributed by atoms with Crippen LogP contribution in [0, 0.1) is 5.92 Å². The van der Waals surface area contributed by atoms with Crippen LogP contribution in [0.1, 0.15) is 46.0 Å². The van der Waals surface area contributed by atoms with Gasteiger partial charge in [-0.15, -0.1) is 0 Å². The zero-order valence-corrected chi connectivity index (χ0v) is 11.2. The minimum atomic E-state index is -0.0347. The molecule has 0 radical (unpaired) electrons. The number of hydrogen-bond acceptors (Lipinski definition) is 2. The van der Waals surface area contributed by atoms with Crippen LogP contribution in [0.5, 0.6) is 0 Å².